The zero-order valence-electron chi connectivity index (χ0n) is 33.8. The van der Waals surface area contributed by atoms with Crippen molar-refractivity contribution >= 4 is 34.1 Å². The highest BCUT2D eigenvalue weighted by atomic mass is 16.5. The molecule has 0 aliphatic carbocycles. The van der Waals surface area contributed by atoms with Crippen LogP contribution in [0.4, 0.5) is 0 Å². The van der Waals surface area contributed by atoms with E-state index in [1.54, 1.807) is 26.4 Å². The van der Waals surface area contributed by atoms with Crippen LogP contribution < -0.4 is 18.9 Å². The van der Waals surface area contributed by atoms with Gasteiger partial charge in [0.25, 0.3) is 0 Å². The molecule has 0 radical (unpaired) electrons. The largest absolute Gasteiger partial charge is 0.495 e. The predicted octanol–water partition coefficient (Wildman–Crippen LogP) is 11.6. The third-order valence-corrected chi connectivity index (χ3v) is 10.5. The predicted molar refractivity (Wildman–Crippen MR) is 228 cm³/mol. The number of aldehydes is 2. The van der Waals surface area contributed by atoms with E-state index in [0.29, 0.717) is 70.3 Å². The van der Waals surface area contributed by atoms with E-state index in [4.69, 9.17) is 18.9 Å². The van der Waals surface area contributed by atoms with Crippen molar-refractivity contribution in [2.45, 2.75) is 79.1 Å². The molecule has 2 unspecified atom stereocenters. The van der Waals surface area contributed by atoms with Crippen LogP contribution in [-0.2, 0) is 0 Å². The first-order valence-corrected chi connectivity index (χ1v) is 20.0. The number of fused-ring (bicyclic) bond motifs is 2. The Morgan fingerprint density at radius 3 is 1.21 bits per heavy atom. The van der Waals surface area contributed by atoms with Crippen LogP contribution in [-0.4, -0.2) is 40.0 Å². The van der Waals surface area contributed by atoms with E-state index >= 15 is 0 Å². The number of unbranched alkanes of at least 4 members (excludes halogenated alkanes) is 2. The average Bonchev–Trinajstić information content (AvgIpc) is 3.24. The van der Waals surface area contributed by atoms with Gasteiger partial charge in [-0.25, -0.2) is 0 Å². The molecule has 0 amide bonds. The molecule has 0 saturated carbocycles. The monoisotopic (exact) mass is 750 g/mol. The summed E-state index contributed by atoms with van der Waals surface area (Å²) in [5.74, 6) is 16.5. The van der Waals surface area contributed by atoms with E-state index < -0.39 is 0 Å². The Hall–Kier alpha value is -5.72. The van der Waals surface area contributed by atoms with Crippen molar-refractivity contribution in [1.29, 1.82) is 0 Å². The molecule has 0 saturated heterocycles. The van der Waals surface area contributed by atoms with E-state index in [1.807, 2.05) is 36.4 Å². The van der Waals surface area contributed by atoms with Crippen LogP contribution in [0.15, 0.2) is 72.8 Å². The summed E-state index contributed by atoms with van der Waals surface area (Å²) in [5, 5.41) is 3.81. The van der Waals surface area contributed by atoms with E-state index in [0.717, 1.165) is 96.6 Å². The number of methoxy groups -OCH3 is 2. The Kier molecular flexibility index (Phi) is 15.4. The molecule has 290 valence electrons. The molecule has 5 aromatic rings. The normalized spacial score (nSPS) is 11.8. The Balaban J connectivity index is 1.59. The molecule has 0 bridgehead atoms. The molecular weight excluding hydrogens is 697 g/mol. The summed E-state index contributed by atoms with van der Waals surface area (Å²) in [5.41, 5.74) is 3.84. The van der Waals surface area contributed by atoms with Gasteiger partial charge in [-0.15, -0.1) is 0 Å². The lowest BCUT2D eigenvalue weighted by atomic mass is 9.91. The van der Waals surface area contributed by atoms with Crippen LogP contribution in [0.25, 0.3) is 21.5 Å². The van der Waals surface area contributed by atoms with Gasteiger partial charge in [0, 0.05) is 23.3 Å². The van der Waals surface area contributed by atoms with Crippen LogP contribution in [0.3, 0.4) is 0 Å². The van der Waals surface area contributed by atoms with Gasteiger partial charge in [-0.1, -0.05) is 138 Å². The van der Waals surface area contributed by atoms with E-state index in [2.05, 4.69) is 75.6 Å². The summed E-state index contributed by atoms with van der Waals surface area (Å²) in [4.78, 5) is 24.2. The van der Waals surface area contributed by atoms with Crippen molar-refractivity contribution < 1.29 is 28.5 Å². The summed E-state index contributed by atoms with van der Waals surface area (Å²) in [6.45, 7) is 9.80. The number of carbonyl (C=O) groups is 2. The van der Waals surface area contributed by atoms with Gasteiger partial charge >= 0.3 is 0 Å². The van der Waals surface area contributed by atoms with Crippen molar-refractivity contribution in [2.75, 3.05) is 27.4 Å². The number of hydrogen-bond donors (Lipinski definition) is 0. The van der Waals surface area contributed by atoms with Crippen LogP contribution in [0.1, 0.15) is 122 Å². The molecule has 0 aliphatic rings. The first-order chi connectivity index (χ1) is 27.4. The van der Waals surface area contributed by atoms with Crippen molar-refractivity contribution in [2.24, 2.45) is 11.8 Å². The highest BCUT2D eigenvalue weighted by Gasteiger charge is 2.17. The minimum absolute atomic E-state index is 0.409. The maximum absolute atomic E-state index is 12.1. The van der Waals surface area contributed by atoms with Crippen LogP contribution in [0, 0.1) is 35.5 Å². The van der Waals surface area contributed by atoms with Gasteiger partial charge in [0.05, 0.1) is 49.7 Å². The molecule has 6 nitrogen and oxygen atoms in total. The zero-order valence-corrected chi connectivity index (χ0v) is 33.8. The smallest absolute Gasteiger partial charge is 0.153 e. The third kappa shape index (κ3) is 9.92. The minimum atomic E-state index is 0.409. The van der Waals surface area contributed by atoms with Gasteiger partial charge in [0.1, 0.15) is 23.0 Å². The molecule has 0 N–H and O–H groups in total. The second-order valence-corrected chi connectivity index (χ2v) is 14.2. The van der Waals surface area contributed by atoms with Gasteiger partial charge in [-0.2, -0.15) is 0 Å². The first-order valence-electron chi connectivity index (χ1n) is 20.0. The fraction of sp³-hybridized carbons (Fsp3) is 0.360. The van der Waals surface area contributed by atoms with Crippen molar-refractivity contribution in [3.05, 3.63) is 106 Å². The van der Waals surface area contributed by atoms with Gasteiger partial charge in [0.15, 0.2) is 12.6 Å². The lowest BCUT2D eigenvalue weighted by molar-refractivity contribution is 0.111. The molecule has 2 atom stereocenters. The van der Waals surface area contributed by atoms with Gasteiger partial charge in [-0.3, -0.25) is 9.59 Å². The summed E-state index contributed by atoms with van der Waals surface area (Å²) in [6.07, 6.45) is 10.4. The lowest BCUT2D eigenvalue weighted by Gasteiger charge is -2.17. The number of hydrogen-bond acceptors (Lipinski definition) is 6. The van der Waals surface area contributed by atoms with Crippen molar-refractivity contribution in [3.8, 4) is 46.7 Å². The molecule has 0 spiro atoms. The SMILES string of the molecule is CCCCC(CC)COc1cc(C#Cc2c3ccccc3c(C#Cc3cc(OCC(CC)CCCC)c(C=O)cc3OC)c3ccccc23)c(OC)cc1C=O. The Bertz CT molecular complexity index is 2050. The molecule has 5 aromatic carbocycles. The highest BCUT2D eigenvalue weighted by molar-refractivity contribution is 6.10. The standard InChI is InChI=1S/C50H54O6/c1-7-11-17-35(9-3)33-55-49-27-37(47(53-5)29-39(49)31-51)23-25-45-41-19-13-15-21-43(41)46(44-22-16-14-20-42(44)45)26-24-38-28-50(40(32-52)30-48(38)54-6)56-34-36(10-4)18-12-8-2/h13-16,19-22,27-32,35-36H,7-12,17-18,33-34H2,1-6H3. The molecule has 5 rings (SSSR count). The lowest BCUT2D eigenvalue weighted by Crippen LogP contribution is -2.12. The molecule has 6 heteroatoms. The van der Waals surface area contributed by atoms with Crippen molar-refractivity contribution in [3.63, 3.8) is 0 Å². The maximum atomic E-state index is 12.1. The zero-order chi connectivity index (χ0) is 39.9. The summed E-state index contributed by atoms with van der Waals surface area (Å²) >= 11 is 0. The second kappa shape index (κ2) is 20.8. The second-order valence-electron chi connectivity index (χ2n) is 14.2. The maximum Gasteiger partial charge on any atom is 0.153 e. The number of carbonyl (C=O) groups excluding carboxylic acids is 2. The molecule has 0 aliphatic heterocycles. The number of benzene rings is 5. The Morgan fingerprint density at radius 2 is 0.911 bits per heavy atom. The fourth-order valence-electron chi connectivity index (χ4n) is 6.99. The van der Waals surface area contributed by atoms with Crippen LogP contribution in [0.2, 0.25) is 0 Å². The minimum Gasteiger partial charge on any atom is -0.495 e. The molecule has 0 aromatic heterocycles. The average molecular weight is 751 g/mol. The number of rotatable bonds is 18. The van der Waals surface area contributed by atoms with Gasteiger partial charge in [0.2, 0.25) is 0 Å². The quantitative estimate of drug-likeness (QED) is 0.0504. The molecular formula is C50H54O6. The molecule has 0 heterocycles. The Labute approximate surface area is 332 Å². The van der Waals surface area contributed by atoms with E-state index in [1.165, 1.54) is 0 Å². The Morgan fingerprint density at radius 1 is 0.536 bits per heavy atom. The topological polar surface area (TPSA) is 71.1 Å². The third-order valence-electron chi connectivity index (χ3n) is 10.5. The van der Waals surface area contributed by atoms with Crippen LogP contribution >= 0.6 is 0 Å². The van der Waals surface area contributed by atoms with Gasteiger partial charge in [-0.05, 0) is 58.4 Å². The van der Waals surface area contributed by atoms with E-state index in [9.17, 15) is 9.59 Å². The van der Waals surface area contributed by atoms with Gasteiger partial charge < -0.3 is 18.9 Å². The fourth-order valence-corrected chi connectivity index (χ4v) is 6.99. The summed E-state index contributed by atoms with van der Waals surface area (Å²) in [6, 6.07) is 23.3. The van der Waals surface area contributed by atoms with E-state index in [-0.39, 0.29) is 0 Å². The van der Waals surface area contributed by atoms with Crippen molar-refractivity contribution in [1.82, 2.24) is 0 Å². The molecule has 56 heavy (non-hydrogen) atoms. The summed E-state index contributed by atoms with van der Waals surface area (Å²) < 4.78 is 24.0. The number of ether oxygens (including phenoxy) is 4. The summed E-state index contributed by atoms with van der Waals surface area (Å²) in [7, 11) is 3.16. The van der Waals surface area contributed by atoms with Crippen LogP contribution in [0.5, 0.6) is 23.0 Å². The first kappa shape index (κ1) is 41.4. The molecule has 0 fully saturated rings. The highest BCUT2D eigenvalue weighted by Crippen LogP contribution is 2.34.